The summed E-state index contributed by atoms with van der Waals surface area (Å²) in [6.07, 6.45) is 3.35. The minimum Gasteiger partial charge on any atom is -0.454 e. The Hall–Kier alpha value is -6.00. The number of rotatable bonds is 3. The van der Waals surface area contributed by atoms with E-state index in [-0.39, 0.29) is 39.2 Å². The van der Waals surface area contributed by atoms with Gasteiger partial charge < -0.3 is 14.2 Å². The van der Waals surface area contributed by atoms with E-state index >= 15 is 0 Å². The summed E-state index contributed by atoms with van der Waals surface area (Å²) in [5.41, 5.74) is 26.1. The Kier molecular flexibility index (Phi) is 11.0. The van der Waals surface area contributed by atoms with Gasteiger partial charge in [0.05, 0.1) is 11.4 Å². The van der Waals surface area contributed by atoms with Crippen molar-refractivity contribution in [3.8, 4) is 11.1 Å². The van der Waals surface area contributed by atoms with Gasteiger partial charge in [-0.1, -0.05) is 197 Å². The molecule has 73 heavy (non-hydrogen) atoms. The highest BCUT2D eigenvalue weighted by Gasteiger charge is 2.46. The summed E-state index contributed by atoms with van der Waals surface area (Å²) in [5.74, 6) is 0. The molecule has 11 rings (SSSR count). The van der Waals surface area contributed by atoms with E-state index in [9.17, 15) is 0 Å². The molecule has 1 aliphatic carbocycles. The van der Waals surface area contributed by atoms with Crippen LogP contribution in [0.4, 0.5) is 34.1 Å². The molecule has 0 radical (unpaired) electrons. The van der Waals surface area contributed by atoms with Crippen LogP contribution in [0.15, 0.2) is 120 Å². The summed E-state index contributed by atoms with van der Waals surface area (Å²) >= 11 is 0. The van der Waals surface area contributed by atoms with Crippen molar-refractivity contribution in [2.24, 2.45) is 0 Å². The van der Waals surface area contributed by atoms with Crippen LogP contribution in [-0.2, 0) is 45.3 Å². The van der Waals surface area contributed by atoms with Crippen LogP contribution in [0.1, 0.15) is 176 Å². The molecule has 0 saturated heterocycles. The van der Waals surface area contributed by atoms with Gasteiger partial charge in [-0.2, -0.15) is 0 Å². The van der Waals surface area contributed by atoms with E-state index in [4.69, 9.17) is 4.42 Å². The number of hydrogen-bond acceptors (Lipinski definition) is 3. The predicted molar refractivity (Wildman–Crippen MR) is 317 cm³/mol. The van der Waals surface area contributed by atoms with Crippen molar-refractivity contribution in [1.82, 2.24) is 0 Å². The molecule has 0 saturated carbocycles. The molecule has 8 aromatic rings. The van der Waals surface area contributed by atoms with E-state index in [1.54, 1.807) is 0 Å². The van der Waals surface area contributed by atoms with Crippen molar-refractivity contribution in [2.45, 2.75) is 176 Å². The zero-order chi connectivity index (χ0) is 52.3. The Balaban J connectivity index is 1.29. The highest BCUT2D eigenvalue weighted by molar-refractivity contribution is 7.00. The summed E-state index contributed by atoms with van der Waals surface area (Å²) in [7, 11) is 0. The zero-order valence-corrected chi connectivity index (χ0v) is 47.5. The Morgan fingerprint density at radius 3 is 1.49 bits per heavy atom. The van der Waals surface area contributed by atoms with Crippen molar-refractivity contribution in [2.75, 3.05) is 9.80 Å². The predicted octanol–water partition coefficient (Wildman–Crippen LogP) is 17.6. The van der Waals surface area contributed by atoms with E-state index in [0.717, 1.165) is 35.4 Å². The number of aryl methyl sites for hydroxylation is 2. The fourth-order valence-electron chi connectivity index (χ4n) is 12.1. The Morgan fingerprint density at radius 2 is 0.904 bits per heavy atom. The van der Waals surface area contributed by atoms with E-state index in [1.165, 1.54) is 112 Å². The quantitative estimate of drug-likeness (QED) is 0.165. The topological polar surface area (TPSA) is 19.6 Å². The molecule has 0 spiro atoms. The highest BCUT2D eigenvalue weighted by atomic mass is 16.3. The lowest BCUT2D eigenvalue weighted by atomic mass is 9.33. The first-order valence-electron chi connectivity index (χ1n) is 27.3. The molecule has 3 aliphatic rings. The van der Waals surface area contributed by atoms with Gasteiger partial charge in [0.25, 0.3) is 6.71 Å². The molecule has 0 bridgehead atoms. The van der Waals surface area contributed by atoms with Crippen molar-refractivity contribution >= 4 is 79.2 Å². The normalized spacial score (nSPS) is 15.0. The first kappa shape index (κ1) is 49.2. The average molecular weight is 963 g/mol. The van der Waals surface area contributed by atoms with E-state index < -0.39 is 0 Å². The second-order valence-corrected chi connectivity index (χ2v) is 28.3. The average Bonchev–Trinajstić information content (AvgIpc) is 3.95. The second-order valence-electron chi connectivity index (χ2n) is 28.3. The second kappa shape index (κ2) is 16.3. The molecule has 2 aliphatic heterocycles. The summed E-state index contributed by atoms with van der Waals surface area (Å²) < 4.78 is 7.45. The molecule has 3 heterocycles. The van der Waals surface area contributed by atoms with Gasteiger partial charge in [-0.05, 0) is 161 Å². The van der Waals surface area contributed by atoms with Crippen LogP contribution in [0, 0.1) is 0 Å². The van der Waals surface area contributed by atoms with E-state index in [2.05, 4.69) is 250 Å². The number of fused-ring (bicyclic) bond motifs is 10. The maximum atomic E-state index is 7.45. The summed E-state index contributed by atoms with van der Waals surface area (Å²) in [6, 6.07) is 46.3. The van der Waals surface area contributed by atoms with Crippen LogP contribution >= 0.6 is 0 Å². The fraction of sp³-hybridized carbons (Fsp3) is 0.391. The van der Waals surface area contributed by atoms with Gasteiger partial charge in [-0.3, -0.25) is 0 Å². The van der Waals surface area contributed by atoms with Gasteiger partial charge in [0, 0.05) is 39.1 Å². The number of nitrogens with zero attached hydrogens (tertiary/aromatic N) is 2. The summed E-state index contributed by atoms with van der Waals surface area (Å²) in [4.78, 5) is 5.27. The fourth-order valence-corrected chi connectivity index (χ4v) is 12.1. The van der Waals surface area contributed by atoms with Gasteiger partial charge in [-0.25, -0.2) is 0 Å². The first-order valence-corrected chi connectivity index (χ1v) is 27.3. The number of hydrogen-bond donors (Lipinski definition) is 0. The highest BCUT2D eigenvalue weighted by Crippen LogP contribution is 2.52. The minimum absolute atomic E-state index is 0.0103. The monoisotopic (exact) mass is 963 g/mol. The number of benzene rings is 7. The van der Waals surface area contributed by atoms with Crippen molar-refractivity contribution in [3.63, 3.8) is 0 Å². The maximum Gasteiger partial charge on any atom is 0.252 e. The first-order chi connectivity index (χ1) is 34.0. The molecule has 0 atom stereocenters. The summed E-state index contributed by atoms with van der Waals surface area (Å²) in [6.45, 7) is 42.3. The molecule has 4 heteroatoms. The van der Waals surface area contributed by atoms with Crippen LogP contribution in [-0.4, -0.2) is 6.71 Å². The Labute approximate surface area is 438 Å². The minimum atomic E-state index is -0.168. The van der Waals surface area contributed by atoms with E-state index in [0.29, 0.717) is 0 Å². The molecule has 0 amide bonds. The van der Waals surface area contributed by atoms with Gasteiger partial charge in [0.15, 0.2) is 5.58 Å². The van der Waals surface area contributed by atoms with Gasteiger partial charge in [0.2, 0.25) is 0 Å². The maximum absolute atomic E-state index is 7.45. The third-order valence-electron chi connectivity index (χ3n) is 16.7. The Morgan fingerprint density at radius 1 is 0.397 bits per heavy atom. The molecule has 3 nitrogen and oxygen atoms in total. The van der Waals surface area contributed by atoms with Crippen molar-refractivity contribution < 1.29 is 4.42 Å². The van der Waals surface area contributed by atoms with Crippen LogP contribution in [0.3, 0.4) is 0 Å². The van der Waals surface area contributed by atoms with Crippen LogP contribution in [0.5, 0.6) is 0 Å². The third-order valence-corrected chi connectivity index (χ3v) is 16.7. The molecule has 0 N–H and O–H groups in total. The lowest BCUT2D eigenvalue weighted by molar-refractivity contribution is 0.569. The molecule has 1 aromatic heterocycles. The molecule has 7 aromatic carbocycles. The SMILES string of the molecule is CC(C)(C)c1ccc(N2c3cc(C(C)(C)C)cc4c3B(c3cc(C(C)(C)C)ccc3N4c3ccc(C(C)(C)C)cc3-c3cc(C(C)(C)C)cc(C(C)(C)C)c3)c3ccc4c(oc5c6c(ccc54)CCC6)c32)cc1. The molecule has 0 unspecified atom stereocenters. The molecular weight excluding hydrogens is 884 g/mol. The third kappa shape index (κ3) is 8.16. The van der Waals surface area contributed by atoms with Gasteiger partial charge >= 0.3 is 0 Å². The van der Waals surface area contributed by atoms with Gasteiger partial charge in [-0.15, -0.1) is 0 Å². The standard InChI is InChI=1S/C69H79BN2O/c1-64(2,3)43-23-27-49(28-24-43)71-58-39-48(69(16,17)18)40-59-60(58)70(54-31-30-52-51-29-22-41-20-19-21-50(41)62(51)73-63(52)61(54)71)55-38-45(66(7,8)9)26-33-57(55)72(59)56-32-25-44(65(4,5)6)37-53(56)42-34-46(67(10,11)12)36-47(35-42)68(13,14)15/h22-40H,19-21H2,1-18H3. The lowest BCUT2D eigenvalue weighted by Crippen LogP contribution is -2.61. The number of furan rings is 1. The number of anilines is 6. The van der Waals surface area contributed by atoms with Crippen molar-refractivity contribution in [3.05, 3.63) is 160 Å². The van der Waals surface area contributed by atoms with Crippen LogP contribution < -0.4 is 26.2 Å². The van der Waals surface area contributed by atoms with Crippen LogP contribution in [0.25, 0.3) is 33.1 Å². The Bertz CT molecular complexity index is 3510. The zero-order valence-electron chi connectivity index (χ0n) is 47.5. The molecule has 0 fully saturated rings. The van der Waals surface area contributed by atoms with Gasteiger partial charge in [0.1, 0.15) is 5.58 Å². The van der Waals surface area contributed by atoms with Crippen molar-refractivity contribution in [1.29, 1.82) is 0 Å². The largest absolute Gasteiger partial charge is 0.454 e. The lowest BCUT2D eigenvalue weighted by Gasteiger charge is -2.45. The molecule has 374 valence electrons. The van der Waals surface area contributed by atoms with Crippen LogP contribution in [0.2, 0.25) is 0 Å². The summed E-state index contributed by atoms with van der Waals surface area (Å²) in [5, 5.41) is 2.41. The molecular formula is C69H79BN2O. The smallest absolute Gasteiger partial charge is 0.252 e. The van der Waals surface area contributed by atoms with E-state index in [1.807, 2.05) is 0 Å².